The van der Waals surface area contributed by atoms with Gasteiger partial charge in [-0.2, -0.15) is 0 Å². The molecular formula is C18H26N4OS. The number of nitrogens with one attached hydrogen (secondary N) is 2. The molecule has 1 amide bonds. The number of nitrogens with zero attached hydrogens (tertiary/aromatic N) is 2. The smallest absolute Gasteiger partial charge is 0.229 e. The molecule has 4 saturated carbocycles. The summed E-state index contributed by atoms with van der Waals surface area (Å²) in [6, 6.07) is 0. The van der Waals surface area contributed by atoms with Crippen molar-refractivity contribution in [3.63, 3.8) is 0 Å². The van der Waals surface area contributed by atoms with Crippen LogP contribution in [-0.4, -0.2) is 29.2 Å². The molecule has 0 aromatic carbocycles. The van der Waals surface area contributed by atoms with E-state index < -0.39 is 0 Å². The average Bonchev–Trinajstić information content (AvgIpc) is 3.04. The maximum absolute atomic E-state index is 12.4. The Bertz CT molecular complexity index is 601. The molecule has 1 saturated heterocycles. The zero-order valence-corrected chi connectivity index (χ0v) is 14.9. The van der Waals surface area contributed by atoms with Gasteiger partial charge in [0.1, 0.15) is 5.01 Å². The van der Waals surface area contributed by atoms with Crippen molar-refractivity contribution in [2.45, 2.75) is 56.8 Å². The Balaban J connectivity index is 1.31. The second kappa shape index (κ2) is 5.77. The molecule has 6 rings (SSSR count). The molecular weight excluding hydrogens is 320 g/mol. The fourth-order valence-electron chi connectivity index (χ4n) is 6.15. The van der Waals surface area contributed by atoms with Crippen molar-refractivity contribution >= 4 is 22.4 Å². The van der Waals surface area contributed by atoms with E-state index in [1.54, 1.807) is 11.3 Å². The van der Waals surface area contributed by atoms with Crippen molar-refractivity contribution in [1.82, 2.24) is 15.5 Å². The van der Waals surface area contributed by atoms with Gasteiger partial charge in [0.25, 0.3) is 0 Å². The number of piperidine rings is 1. The number of anilines is 1. The molecule has 130 valence electrons. The van der Waals surface area contributed by atoms with E-state index in [4.69, 9.17) is 0 Å². The third-order valence-corrected chi connectivity index (χ3v) is 7.94. The Morgan fingerprint density at radius 1 is 1.04 bits per heavy atom. The second-order valence-corrected chi connectivity index (χ2v) is 9.60. The van der Waals surface area contributed by atoms with Gasteiger partial charge in [-0.3, -0.25) is 4.79 Å². The number of amides is 1. The summed E-state index contributed by atoms with van der Waals surface area (Å²) in [4.78, 5) is 12.4. The van der Waals surface area contributed by atoms with E-state index in [-0.39, 0.29) is 17.2 Å². The van der Waals surface area contributed by atoms with Crippen LogP contribution in [0.3, 0.4) is 0 Å². The highest BCUT2D eigenvalue weighted by Gasteiger charge is 2.53. The lowest BCUT2D eigenvalue weighted by molar-refractivity contribution is -0.120. The van der Waals surface area contributed by atoms with Gasteiger partial charge in [-0.25, -0.2) is 0 Å². The van der Waals surface area contributed by atoms with Gasteiger partial charge in [0.05, 0.1) is 0 Å². The van der Waals surface area contributed by atoms with E-state index in [0.717, 1.165) is 43.7 Å². The van der Waals surface area contributed by atoms with Crippen molar-refractivity contribution in [3.8, 4) is 0 Å². The fourth-order valence-corrected chi connectivity index (χ4v) is 7.12. The molecule has 1 aliphatic heterocycles. The largest absolute Gasteiger partial charge is 0.317 e. The maximum Gasteiger partial charge on any atom is 0.229 e. The minimum atomic E-state index is 0.123. The molecule has 1 aromatic rings. The summed E-state index contributed by atoms with van der Waals surface area (Å²) < 4.78 is 0. The summed E-state index contributed by atoms with van der Waals surface area (Å²) in [5, 5.41) is 17.1. The van der Waals surface area contributed by atoms with Gasteiger partial charge in [-0.15, -0.1) is 10.2 Å². The second-order valence-electron chi connectivity index (χ2n) is 8.62. The van der Waals surface area contributed by atoms with Gasteiger partial charge in [-0.05, 0) is 82.2 Å². The first-order valence-corrected chi connectivity index (χ1v) is 10.4. The Labute approximate surface area is 147 Å². The van der Waals surface area contributed by atoms with Crippen LogP contribution in [0.15, 0.2) is 0 Å². The summed E-state index contributed by atoms with van der Waals surface area (Å²) >= 11 is 1.64. The predicted molar refractivity (Wildman–Crippen MR) is 94.0 cm³/mol. The Morgan fingerprint density at radius 3 is 2.29 bits per heavy atom. The third-order valence-electron chi connectivity index (χ3n) is 6.86. The van der Waals surface area contributed by atoms with Gasteiger partial charge in [0.15, 0.2) is 0 Å². The van der Waals surface area contributed by atoms with E-state index >= 15 is 0 Å². The summed E-state index contributed by atoms with van der Waals surface area (Å²) in [7, 11) is 0. The van der Waals surface area contributed by atoms with Gasteiger partial charge in [0, 0.05) is 11.3 Å². The van der Waals surface area contributed by atoms with Gasteiger partial charge in [-0.1, -0.05) is 11.3 Å². The molecule has 2 heterocycles. The highest BCUT2D eigenvalue weighted by Crippen LogP contribution is 2.61. The first kappa shape index (κ1) is 15.3. The first-order chi connectivity index (χ1) is 11.7. The van der Waals surface area contributed by atoms with Crippen LogP contribution in [0.2, 0.25) is 0 Å². The van der Waals surface area contributed by atoms with E-state index in [1.807, 2.05) is 0 Å². The number of aromatic nitrogens is 2. The van der Waals surface area contributed by atoms with Crippen LogP contribution in [0.1, 0.15) is 56.4 Å². The number of rotatable bonds is 3. The van der Waals surface area contributed by atoms with Crippen LogP contribution in [0.4, 0.5) is 5.13 Å². The van der Waals surface area contributed by atoms with E-state index in [9.17, 15) is 4.79 Å². The number of carbonyl (C=O) groups is 1. The lowest BCUT2D eigenvalue weighted by Crippen LogP contribution is -2.48. The van der Waals surface area contributed by atoms with E-state index in [2.05, 4.69) is 20.8 Å². The standard InChI is InChI=1S/C18H26N4OS/c23-15(14-1-3-19-4-2-14)20-17-22-21-16(24-17)18-8-11-5-12(9-18)7-13(6-11)10-18/h11-14,19H,1-10H2,(H,20,22,23). The van der Waals surface area contributed by atoms with Crippen LogP contribution in [0, 0.1) is 23.7 Å². The Kier molecular flexibility index (Phi) is 3.67. The van der Waals surface area contributed by atoms with E-state index in [1.165, 1.54) is 43.5 Å². The molecule has 4 aliphatic carbocycles. The summed E-state index contributed by atoms with van der Waals surface area (Å²) in [5.74, 6) is 2.98. The van der Waals surface area contributed by atoms with Crippen molar-refractivity contribution in [2.24, 2.45) is 23.7 Å². The van der Waals surface area contributed by atoms with Crippen LogP contribution >= 0.6 is 11.3 Å². The molecule has 1 aromatic heterocycles. The summed E-state index contributed by atoms with van der Waals surface area (Å²) in [6.07, 6.45) is 10.1. The Hall–Kier alpha value is -1.01. The Morgan fingerprint density at radius 2 is 1.67 bits per heavy atom. The predicted octanol–water partition coefficient (Wildman–Crippen LogP) is 2.94. The molecule has 0 unspecified atom stereocenters. The zero-order chi connectivity index (χ0) is 16.1. The first-order valence-electron chi connectivity index (χ1n) is 9.56. The monoisotopic (exact) mass is 346 g/mol. The lowest BCUT2D eigenvalue weighted by Gasteiger charge is -2.55. The molecule has 5 aliphatic rings. The van der Waals surface area contributed by atoms with Crippen molar-refractivity contribution < 1.29 is 4.79 Å². The van der Waals surface area contributed by atoms with Crippen molar-refractivity contribution in [1.29, 1.82) is 0 Å². The molecule has 2 N–H and O–H groups in total. The van der Waals surface area contributed by atoms with Crippen LogP contribution in [0.5, 0.6) is 0 Å². The van der Waals surface area contributed by atoms with Gasteiger partial charge in [0.2, 0.25) is 11.0 Å². The number of hydrogen-bond donors (Lipinski definition) is 2. The molecule has 5 fully saturated rings. The van der Waals surface area contributed by atoms with E-state index in [0.29, 0.717) is 5.13 Å². The maximum atomic E-state index is 12.4. The topological polar surface area (TPSA) is 66.9 Å². The van der Waals surface area contributed by atoms with Crippen LogP contribution in [0.25, 0.3) is 0 Å². The van der Waals surface area contributed by atoms with Crippen molar-refractivity contribution in [3.05, 3.63) is 5.01 Å². The molecule has 0 atom stereocenters. The average molecular weight is 347 g/mol. The normalized spacial score (nSPS) is 38.4. The zero-order valence-electron chi connectivity index (χ0n) is 14.1. The molecule has 0 radical (unpaired) electrons. The molecule has 6 heteroatoms. The number of hydrogen-bond acceptors (Lipinski definition) is 5. The minimum Gasteiger partial charge on any atom is -0.317 e. The van der Waals surface area contributed by atoms with Gasteiger partial charge < -0.3 is 10.6 Å². The van der Waals surface area contributed by atoms with Crippen LogP contribution < -0.4 is 10.6 Å². The van der Waals surface area contributed by atoms with Crippen molar-refractivity contribution in [2.75, 3.05) is 18.4 Å². The summed E-state index contributed by atoms with van der Waals surface area (Å²) in [6.45, 7) is 1.87. The fraction of sp³-hybridized carbons (Fsp3) is 0.833. The molecule has 24 heavy (non-hydrogen) atoms. The third kappa shape index (κ3) is 2.58. The van der Waals surface area contributed by atoms with Gasteiger partial charge >= 0.3 is 0 Å². The molecule has 5 nitrogen and oxygen atoms in total. The lowest BCUT2D eigenvalue weighted by atomic mass is 9.50. The highest BCUT2D eigenvalue weighted by molar-refractivity contribution is 7.15. The SMILES string of the molecule is O=C(Nc1nnc(C23CC4CC(CC(C4)C2)C3)s1)C1CCNCC1. The highest BCUT2D eigenvalue weighted by atomic mass is 32.1. The molecule has 4 bridgehead atoms. The number of carbonyl (C=O) groups excluding carboxylic acids is 1. The van der Waals surface area contributed by atoms with Crippen LogP contribution in [-0.2, 0) is 10.2 Å². The quantitative estimate of drug-likeness (QED) is 0.883. The summed E-state index contributed by atoms with van der Waals surface area (Å²) in [5.41, 5.74) is 0.282. The molecule has 0 spiro atoms. The minimum absolute atomic E-state index is 0.123.